The first-order valence-electron chi connectivity index (χ1n) is 6.81. The maximum absolute atomic E-state index is 12.5. The minimum atomic E-state index is -3.65. The van der Waals surface area contributed by atoms with E-state index in [-0.39, 0.29) is 4.90 Å². The van der Waals surface area contributed by atoms with Gasteiger partial charge >= 0.3 is 0 Å². The number of hydrogen-bond acceptors (Lipinski definition) is 3. The van der Waals surface area contributed by atoms with Gasteiger partial charge in [-0.2, -0.15) is 0 Å². The average Bonchev–Trinajstić information content (AvgIpc) is 2.49. The summed E-state index contributed by atoms with van der Waals surface area (Å²) in [6.07, 6.45) is 3.26. The highest BCUT2D eigenvalue weighted by atomic mass is 32.2. The van der Waals surface area contributed by atoms with Gasteiger partial charge in [-0.15, -0.1) is 0 Å². The van der Waals surface area contributed by atoms with Crippen LogP contribution in [0.5, 0.6) is 0 Å². The molecule has 4 nitrogen and oxygen atoms in total. The molecule has 0 bridgehead atoms. The number of aryl methyl sites for hydroxylation is 1. The molecule has 0 fully saturated rings. The zero-order valence-corrected chi connectivity index (χ0v) is 13.4. The van der Waals surface area contributed by atoms with E-state index in [4.69, 9.17) is 0 Å². The zero-order chi connectivity index (χ0) is 16.2. The molecule has 0 amide bonds. The minimum absolute atomic E-state index is 0.216. The first kappa shape index (κ1) is 16.0. The standard InChI is InChI=1S/C17H18N2O2S/c1-4-14-7-6-8-16(17(14)18-5-2)19-22(20,21)15-11-9-13(3)10-12-15/h4-12,19H,1H2,2-3H3. The predicted octanol–water partition coefficient (Wildman–Crippen LogP) is 4.16. The van der Waals surface area contributed by atoms with Crippen molar-refractivity contribution in [3.05, 3.63) is 60.2 Å². The number of aliphatic imine (C=N–C) groups is 1. The Morgan fingerprint density at radius 2 is 1.82 bits per heavy atom. The maximum atomic E-state index is 12.5. The number of nitrogens with zero attached hydrogens (tertiary/aromatic N) is 1. The molecule has 5 heteroatoms. The zero-order valence-electron chi connectivity index (χ0n) is 12.6. The summed E-state index contributed by atoms with van der Waals surface area (Å²) in [6.45, 7) is 7.41. The van der Waals surface area contributed by atoms with E-state index in [9.17, 15) is 8.42 Å². The van der Waals surface area contributed by atoms with Crippen LogP contribution in [0.4, 0.5) is 11.4 Å². The van der Waals surface area contributed by atoms with E-state index in [1.165, 1.54) is 0 Å². The number of benzene rings is 2. The number of rotatable bonds is 5. The Hall–Kier alpha value is -2.40. The SMILES string of the molecule is C=Cc1cccc(NS(=O)(=O)c2ccc(C)cc2)c1N=CC. The van der Waals surface area contributed by atoms with Gasteiger partial charge < -0.3 is 0 Å². The number of anilines is 1. The quantitative estimate of drug-likeness (QED) is 0.842. The lowest BCUT2D eigenvalue weighted by Crippen LogP contribution is -2.13. The van der Waals surface area contributed by atoms with E-state index in [2.05, 4.69) is 16.3 Å². The molecular weight excluding hydrogens is 296 g/mol. The summed E-state index contributed by atoms with van der Waals surface area (Å²) in [5.74, 6) is 0. The van der Waals surface area contributed by atoms with Gasteiger partial charge in [-0.05, 0) is 32.0 Å². The Morgan fingerprint density at radius 3 is 2.41 bits per heavy atom. The van der Waals surface area contributed by atoms with Crippen LogP contribution in [-0.2, 0) is 10.0 Å². The third kappa shape index (κ3) is 3.43. The lowest BCUT2D eigenvalue weighted by Gasteiger charge is -2.12. The second-order valence-electron chi connectivity index (χ2n) is 4.75. The van der Waals surface area contributed by atoms with E-state index in [1.54, 1.807) is 55.6 Å². The van der Waals surface area contributed by atoms with Gasteiger partial charge in [0.25, 0.3) is 10.0 Å². The second kappa shape index (κ2) is 6.58. The van der Waals surface area contributed by atoms with Crippen molar-refractivity contribution in [1.29, 1.82) is 0 Å². The fourth-order valence-electron chi connectivity index (χ4n) is 2.00. The average molecular weight is 314 g/mol. The molecule has 0 saturated carbocycles. The van der Waals surface area contributed by atoms with Crippen LogP contribution >= 0.6 is 0 Å². The maximum Gasteiger partial charge on any atom is 0.261 e. The van der Waals surface area contributed by atoms with Gasteiger partial charge in [-0.1, -0.05) is 42.5 Å². The second-order valence-corrected chi connectivity index (χ2v) is 6.44. The fraction of sp³-hybridized carbons (Fsp3) is 0.118. The van der Waals surface area contributed by atoms with Crippen molar-refractivity contribution in [3.63, 3.8) is 0 Å². The highest BCUT2D eigenvalue weighted by Gasteiger charge is 2.16. The molecule has 0 unspecified atom stereocenters. The van der Waals surface area contributed by atoms with Crippen LogP contribution in [0.25, 0.3) is 6.08 Å². The largest absolute Gasteiger partial charge is 0.277 e. The van der Waals surface area contributed by atoms with Crippen molar-refractivity contribution < 1.29 is 8.42 Å². The Balaban J connectivity index is 2.45. The summed E-state index contributed by atoms with van der Waals surface area (Å²) in [4.78, 5) is 4.46. The summed E-state index contributed by atoms with van der Waals surface area (Å²) >= 11 is 0. The molecule has 114 valence electrons. The fourth-order valence-corrected chi connectivity index (χ4v) is 3.07. The molecule has 1 N–H and O–H groups in total. The highest BCUT2D eigenvalue weighted by molar-refractivity contribution is 7.92. The van der Waals surface area contributed by atoms with Crippen molar-refractivity contribution >= 4 is 33.7 Å². The molecule has 0 aliphatic rings. The minimum Gasteiger partial charge on any atom is -0.277 e. The van der Waals surface area contributed by atoms with Gasteiger partial charge in [0, 0.05) is 11.8 Å². The summed E-state index contributed by atoms with van der Waals surface area (Å²) in [7, 11) is -3.65. The number of para-hydroxylation sites is 1. The van der Waals surface area contributed by atoms with Crippen molar-refractivity contribution in [2.24, 2.45) is 4.99 Å². The third-order valence-electron chi connectivity index (χ3n) is 3.12. The summed E-state index contributed by atoms with van der Waals surface area (Å²) in [5, 5.41) is 0. The summed E-state index contributed by atoms with van der Waals surface area (Å²) < 4.78 is 27.6. The molecule has 0 atom stereocenters. The van der Waals surface area contributed by atoms with E-state index < -0.39 is 10.0 Å². The topological polar surface area (TPSA) is 58.5 Å². The predicted molar refractivity (Wildman–Crippen MR) is 92.3 cm³/mol. The normalized spacial score (nSPS) is 11.5. The van der Waals surface area contributed by atoms with Crippen LogP contribution < -0.4 is 4.72 Å². The van der Waals surface area contributed by atoms with Gasteiger partial charge in [0.15, 0.2) is 0 Å². The molecule has 22 heavy (non-hydrogen) atoms. The molecule has 0 aromatic heterocycles. The van der Waals surface area contributed by atoms with Gasteiger partial charge in [0.2, 0.25) is 0 Å². The van der Waals surface area contributed by atoms with E-state index in [1.807, 2.05) is 13.0 Å². The molecule has 0 spiro atoms. The van der Waals surface area contributed by atoms with Crippen LogP contribution in [0.1, 0.15) is 18.1 Å². The Bertz CT molecular complexity index is 807. The lowest BCUT2D eigenvalue weighted by molar-refractivity contribution is 0.601. The molecule has 2 rings (SSSR count). The van der Waals surface area contributed by atoms with Gasteiger partial charge in [-0.25, -0.2) is 8.42 Å². The first-order valence-corrected chi connectivity index (χ1v) is 8.30. The van der Waals surface area contributed by atoms with Crippen molar-refractivity contribution in [2.75, 3.05) is 4.72 Å². The number of nitrogens with one attached hydrogen (secondary N) is 1. The van der Waals surface area contributed by atoms with Crippen LogP contribution in [0.3, 0.4) is 0 Å². The third-order valence-corrected chi connectivity index (χ3v) is 4.50. The highest BCUT2D eigenvalue weighted by Crippen LogP contribution is 2.31. The molecule has 0 aliphatic carbocycles. The summed E-state index contributed by atoms with van der Waals surface area (Å²) in [6, 6.07) is 12.0. The molecule has 0 radical (unpaired) electrons. The Kier molecular flexibility index (Phi) is 4.78. The van der Waals surface area contributed by atoms with Crippen molar-refractivity contribution in [3.8, 4) is 0 Å². The van der Waals surface area contributed by atoms with Crippen LogP contribution in [-0.4, -0.2) is 14.6 Å². The van der Waals surface area contributed by atoms with Crippen LogP contribution in [0.15, 0.2) is 58.9 Å². The van der Waals surface area contributed by atoms with Crippen LogP contribution in [0.2, 0.25) is 0 Å². The van der Waals surface area contributed by atoms with E-state index in [0.29, 0.717) is 11.4 Å². The van der Waals surface area contributed by atoms with Crippen molar-refractivity contribution in [2.45, 2.75) is 18.7 Å². The molecular formula is C17H18N2O2S. The lowest BCUT2D eigenvalue weighted by atomic mass is 10.1. The van der Waals surface area contributed by atoms with Crippen LogP contribution in [0, 0.1) is 6.92 Å². The first-order chi connectivity index (χ1) is 10.5. The monoisotopic (exact) mass is 314 g/mol. The smallest absolute Gasteiger partial charge is 0.261 e. The Morgan fingerprint density at radius 1 is 1.14 bits per heavy atom. The number of hydrogen-bond donors (Lipinski definition) is 1. The van der Waals surface area contributed by atoms with E-state index in [0.717, 1.165) is 11.1 Å². The Labute approximate surface area is 131 Å². The van der Waals surface area contributed by atoms with Gasteiger partial charge in [-0.3, -0.25) is 9.71 Å². The summed E-state index contributed by atoms with van der Waals surface area (Å²) in [5.41, 5.74) is 2.75. The molecule has 0 heterocycles. The molecule has 2 aromatic carbocycles. The van der Waals surface area contributed by atoms with Gasteiger partial charge in [0.1, 0.15) is 0 Å². The van der Waals surface area contributed by atoms with Gasteiger partial charge in [0.05, 0.1) is 16.3 Å². The molecule has 0 aliphatic heterocycles. The number of sulfonamides is 1. The van der Waals surface area contributed by atoms with E-state index >= 15 is 0 Å². The van der Waals surface area contributed by atoms with Crippen molar-refractivity contribution in [1.82, 2.24) is 0 Å². The molecule has 2 aromatic rings. The molecule has 0 saturated heterocycles.